The summed E-state index contributed by atoms with van der Waals surface area (Å²) in [5.74, 6) is 0. The normalized spacial score (nSPS) is 10.9. The fourth-order valence-electron chi connectivity index (χ4n) is 1.41. The van der Waals surface area contributed by atoms with Gasteiger partial charge in [0, 0.05) is 19.2 Å². The lowest BCUT2D eigenvalue weighted by Crippen LogP contribution is -2.17. The summed E-state index contributed by atoms with van der Waals surface area (Å²) < 4.78 is 4.88. The fourth-order valence-corrected chi connectivity index (χ4v) is 2.16. The monoisotopic (exact) mass is 253 g/mol. The van der Waals surface area contributed by atoms with Gasteiger partial charge in [0.1, 0.15) is 0 Å². The molecule has 92 valence electrons. The zero-order chi connectivity index (χ0) is 11.9. The molecule has 2 aromatic rings. The smallest absolute Gasteiger partial charge is 0.0916 e. The Morgan fingerprint density at radius 2 is 2.41 bits per heavy atom. The van der Waals surface area contributed by atoms with E-state index >= 15 is 0 Å². The van der Waals surface area contributed by atoms with Crippen LogP contribution in [0.3, 0.4) is 0 Å². The van der Waals surface area contributed by atoms with Gasteiger partial charge < -0.3 is 4.74 Å². The molecule has 0 aromatic carbocycles. The van der Waals surface area contributed by atoms with E-state index in [1.165, 1.54) is 4.88 Å². The number of aromatic amines is 1. The van der Waals surface area contributed by atoms with Gasteiger partial charge in [0.15, 0.2) is 0 Å². The third-order valence-corrected chi connectivity index (χ3v) is 3.13. The Morgan fingerprint density at radius 3 is 3.18 bits per heavy atom. The molecule has 0 radical (unpaired) electrons. The third kappa shape index (κ3) is 3.37. The molecule has 2 rings (SSSR count). The molecule has 0 unspecified atom stereocenters. The Labute approximate surface area is 104 Å². The van der Waals surface area contributed by atoms with Crippen LogP contribution in [0.15, 0.2) is 23.7 Å². The van der Waals surface area contributed by atoms with Crippen molar-refractivity contribution in [1.82, 2.24) is 15.7 Å². The molecular formula is C11H15N3O2S. The summed E-state index contributed by atoms with van der Waals surface area (Å²) in [5.41, 5.74) is 5.02. The lowest BCUT2D eigenvalue weighted by Gasteiger charge is -2.05. The molecule has 2 N–H and O–H groups in total. The summed E-state index contributed by atoms with van der Waals surface area (Å²) in [4.78, 5) is 6.38. The van der Waals surface area contributed by atoms with Gasteiger partial charge in [-0.25, -0.2) is 0 Å². The van der Waals surface area contributed by atoms with Gasteiger partial charge in [0.25, 0.3) is 0 Å². The molecule has 0 atom stereocenters. The number of hydrogen-bond acceptors (Lipinski definition) is 5. The van der Waals surface area contributed by atoms with Gasteiger partial charge in [-0.15, -0.1) is 11.3 Å². The molecule has 0 spiro atoms. The van der Waals surface area contributed by atoms with E-state index in [1.54, 1.807) is 18.4 Å². The Kier molecular flexibility index (Phi) is 4.69. The van der Waals surface area contributed by atoms with Crippen LogP contribution in [-0.2, 0) is 16.1 Å². The average molecular weight is 253 g/mol. The molecule has 0 aliphatic carbocycles. The van der Waals surface area contributed by atoms with E-state index in [-0.39, 0.29) is 0 Å². The number of thiophene rings is 1. The van der Waals surface area contributed by atoms with E-state index in [9.17, 15) is 0 Å². The van der Waals surface area contributed by atoms with Gasteiger partial charge in [-0.05, 0) is 11.4 Å². The van der Waals surface area contributed by atoms with Crippen molar-refractivity contribution < 1.29 is 9.57 Å². The van der Waals surface area contributed by atoms with E-state index < -0.39 is 0 Å². The number of nitrogens with zero attached hydrogens (tertiary/aromatic N) is 1. The Balaban J connectivity index is 1.87. The molecule has 5 nitrogen and oxygen atoms in total. The summed E-state index contributed by atoms with van der Waals surface area (Å²) >= 11 is 1.68. The SMILES string of the molecule is COCCONCc1cn[nH]c1-c1cccs1. The highest BCUT2D eigenvalue weighted by molar-refractivity contribution is 7.13. The minimum Gasteiger partial charge on any atom is -0.382 e. The van der Waals surface area contributed by atoms with Crippen molar-refractivity contribution in [3.05, 3.63) is 29.3 Å². The molecule has 6 heteroatoms. The molecule has 17 heavy (non-hydrogen) atoms. The quantitative estimate of drug-likeness (QED) is 0.583. The first-order chi connectivity index (χ1) is 8.42. The maximum atomic E-state index is 5.21. The average Bonchev–Trinajstić information content (AvgIpc) is 2.98. The van der Waals surface area contributed by atoms with Gasteiger partial charge in [-0.2, -0.15) is 10.6 Å². The molecule has 0 aliphatic rings. The number of ether oxygens (including phenoxy) is 1. The first kappa shape index (κ1) is 12.3. The van der Waals surface area contributed by atoms with Crippen molar-refractivity contribution in [2.45, 2.75) is 6.54 Å². The number of rotatable bonds is 7. The summed E-state index contributed by atoms with van der Waals surface area (Å²) in [5, 5.41) is 9.10. The molecule has 0 aliphatic heterocycles. The van der Waals surface area contributed by atoms with Crippen LogP contribution in [0, 0.1) is 0 Å². The number of nitrogens with one attached hydrogen (secondary N) is 2. The molecule has 0 fully saturated rings. The van der Waals surface area contributed by atoms with Crippen molar-refractivity contribution >= 4 is 11.3 Å². The van der Waals surface area contributed by atoms with Crippen LogP contribution in [-0.4, -0.2) is 30.5 Å². The van der Waals surface area contributed by atoms with E-state index in [0.717, 1.165) is 11.3 Å². The second-order valence-electron chi connectivity index (χ2n) is 3.41. The summed E-state index contributed by atoms with van der Waals surface area (Å²) in [6, 6.07) is 4.08. The first-order valence-electron chi connectivity index (χ1n) is 5.31. The Hall–Kier alpha value is -1.21. The first-order valence-corrected chi connectivity index (χ1v) is 6.19. The van der Waals surface area contributed by atoms with Crippen LogP contribution in [0.1, 0.15) is 5.56 Å². The molecular weight excluding hydrogens is 238 g/mol. The van der Waals surface area contributed by atoms with Crippen molar-refractivity contribution in [1.29, 1.82) is 0 Å². The molecule has 0 saturated heterocycles. The predicted octanol–water partition coefficient (Wildman–Crippen LogP) is 1.81. The highest BCUT2D eigenvalue weighted by atomic mass is 32.1. The topological polar surface area (TPSA) is 59.2 Å². The zero-order valence-electron chi connectivity index (χ0n) is 9.60. The van der Waals surface area contributed by atoms with Gasteiger partial charge >= 0.3 is 0 Å². The van der Waals surface area contributed by atoms with E-state index in [1.807, 2.05) is 17.6 Å². The molecule has 0 bridgehead atoms. The fraction of sp³-hybridized carbons (Fsp3) is 0.364. The Bertz CT molecular complexity index is 428. The standard InChI is InChI=1S/C11H15N3O2S/c1-15-4-5-16-13-8-9-7-12-14-11(9)10-3-2-6-17-10/h2-3,6-7,13H,4-5,8H2,1H3,(H,12,14). The van der Waals surface area contributed by atoms with E-state index in [4.69, 9.17) is 9.57 Å². The van der Waals surface area contributed by atoms with E-state index in [0.29, 0.717) is 19.8 Å². The van der Waals surface area contributed by atoms with Crippen molar-refractivity contribution in [3.63, 3.8) is 0 Å². The van der Waals surface area contributed by atoms with Crippen molar-refractivity contribution in [3.8, 4) is 10.6 Å². The number of hydrogen-bond donors (Lipinski definition) is 2. The van der Waals surface area contributed by atoms with Crippen LogP contribution in [0.25, 0.3) is 10.6 Å². The van der Waals surface area contributed by atoms with Gasteiger partial charge in [0.2, 0.25) is 0 Å². The maximum Gasteiger partial charge on any atom is 0.0916 e. The maximum absolute atomic E-state index is 5.21. The number of methoxy groups -OCH3 is 1. The highest BCUT2D eigenvalue weighted by Gasteiger charge is 2.07. The largest absolute Gasteiger partial charge is 0.382 e. The van der Waals surface area contributed by atoms with Crippen LogP contribution in [0.2, 0.25) is 0 Å². The van der Waals surface area contributed by atoms with Gasteiger partial charge in [-0.3, -0.25) is 9.94 Å². The highest BCUT2D eigenvalue weighted by Crippen LogP contribution is 2.25. The van der Waals surface area contributed by atoms with Crippen LogP contribution in [0.5, 0.6) is 0 Å². The molecule has 2 aromatic heterocycles. The second-order valence-corrected chi connectivity index (χ2v) is 4.36. The Morgan fingerprint density at radius 1 is 1.47 bits per heavy atom. The van der Waals surface area contributed by atoms with Crippen LogP contribution >= 0.6 is 11.3 Å². The van der Waals surface area contributed by atoms with Crippen LogP contribution in [0.4, 0.5) is 0 Å². The number of H-pyrrole nitrogens is 1. The minimum absolute atomic E-state index is 0.530. The third-order valence-electron chi connectivity index (χ3n) is 2.24. The molecule has 2 heterocycles. The zero-order valence-corrected chi connectivity index (χ0v) is 10.4. The second kappa shape index (κ2) is 6.51. The van der Waals surface area contributed by atoms with Gasteiger partial charge in [0.05, 0.1) is 30.0 Å². The van der Waals surface area contributed by atoms with Gasteiger partial charge in [-0.1, -0.05) is 6.07 Å². The van der Waals surface area contributed by atoms with Crippen molar-refractivity contribution in [2.24, 2.45) is 0 Å². The van der Waals surface area contributed by atoms with E-state index in [2.05, 4.69) is 21.7 Å². The lowest BCUT2D eigenvalue weighted by atomic mass is 10.2. The predicted molar refractivity (Wildman–Crippen MR) is 66.6 cm³/mol. The number of aromatic nitrogens is 2. The summed E-state index contributed by atoms with van der Waals surface area (Å²) in [6.45, 7) is 1.73. The number of hydroxylamine groups is 1. The summed E-state index contributed by atoms with van der Waals surface area (Å²) in [7, 11) is 1.65. The minimum atomic E-state index is 0.530. The van der Waals surface area contributed by atoms with Crippen molar-refractivity contribution in [2.75, 3.05) is 20.3 Å². The molecule has 0 amide bonds. The lowest BCUT2D eigenvalue weighted by molar-refractivity contribution is 0.00353. The van der Waals surface area contributed by atoms with Crippen LogP contribution < -0.4 is 5.48 Å². The molecule has 0 saturated carbocycles. The summed E-state index contributed by atoms with van der Waals surface area (Å²) in [6.07, 6.45) is 1.81.